The van der Waals surface area contributed by atoms with Crippen molar-refractivity contribution in [2.24, 2.45) is 0 Å². The van der Waals surface area contributed by atoms with Crippen LogP contribution in [-0.2, 0) is 16.0 Å². The molecule has 1 aromatic rings. The molecule has 6 heteroatoms. The number of halogens is 1. The van der Waals surface area contributed by atoms with Gasteiger partial charge in [-0.2, -0.15) is 5.26 Å². The Balaban J connectivity index is 1.79. The van der Waals surface area contributed by atoms with Crippen molar-refractivity contribution < 1.29 is 9.59 Å². The largest absolute Gasteiger partial charge is 0.339 e. The van der Waals surface area contributed by atoms with Gasteiger partial charge in [0.25, 0.3) is 0 Å². The van der Waals surface area contributed by atoms with Gasteiger partial charge in [-0.15, -0.1) is 0 Å². The average Bonchev–Trinajstić information content (AvgIpc) is 2.54. The molecule has 116 valence electrons. The van der Waals surface area contributed by atoms with Gasteiger partial charge in [0, 0.05) is 37.1 Å². The fraction of sp³-hybridized carbons (Fsp3) is 0.438. The van der Waals surface area contributed by atoms with Gasteiger partial charge in [0.05, 0.1) is 6.07 Å². The number of hydrogen-bond acceptors (Lipinski definition) is 3. The lowest BCUT2D eigenvalue weighted by Crippen LogP contribution is -2.50. The summed E-state index contributed by atoms with van der Waals surface area (Å²) in [6.45, 7) is 2.13. The molecule has 2 amide bonds. The van der Waals surface area contributed by atoms with Gasteiger partial charge in [-0.3, -0.25) is 9.59 Å². The summed E-state index contributed by atoms with van der Waals surface area (Å²) in [7, 11) is 0. The van der Waals surface area contributed by atoms with Gasteiger partial charge < -0.3 is 9.80 Å². The van der Waals surface area contributed by atoms with E-state index in [2.05, 4.69) is 15.9 Å². The summed E-state index contributed by atoms with van der Waals surface area (Å²) in [5.74, 6) is -0.0362. The number of carbonyl (C=O) groups excluding carboxylic acids is 2. The molecule has 1 aromatic carbocycles. The highest BCUT2D eigenvalue weighted by Gasteiger charge is 2.23. The van der Waals surface area contributed by atoms with Crippen LogP contribution in [0.25, 0.3) is 0 Å². The summed E-state index contributed by atoms with van der Waals surface area (Å²) in [5.41, 5.74) is 1.12. The van der Waals surface area contributed by atoms with Gasteiger partial charge in [-0.25, -0.2) is 0 Å². The number of aryl methyl sites for hydroxylation is 1. The highest BCUT2D eigenvalue weighted by Crippen LogP contribution is 2.18. The summed E-state index contributed by atoms with van der Waals surface area (Å²) in [6.07, 6.45) is 1.08. The fourth-order valence-corrected chi connectivity index (χ4v) is 2.97. The second-order valence-corrected chi connectivity index (χ2v) is 6.04. The molecular formula is C16H18BrN3O2. The van der Waals surface area contributed by atoms with E-state index in [1.165, 1.54) is 0 Å². The molecule has 0 bridgehead atoms. The molecular weight excluding hydrogens is 346 g/mol. The number of nitrogens with zero attached hydrogens (tertiary/aromatic N) is 3. The number of benzene rings is 1. The van der Waals surface area contributed by atoms with Crippen molar-refractivity contribution in [1.82, 2.24) is 9.80 Å². The van der Waals surface area contributed by atoms with Gasteiger partial charge in [0.1, 0.15) is 6.42 Å². The number of amides is 2. The van der Waals surface area contributed by atoms with Crippen molar-refractivity contribution in [2.45, 2.75) is 19.3 Å². The predicted molar refractivity (Wildman–Crippen MR) is 85.9 cm³/mol. The molecule has 2 rings (SSSR count). The molecule has 0 saturated carbocycles. The molecule has 1 fully saturated rings. The summed E-state index contributed by atoms with van der Waals surface area (Å²) in [6, 6.07) is 9.76. The fourth-order valence-electron chi connectivity index (χ4n) is 2.49. The van der Waals surface area contributed by atoms with Crippen LogP contribution in [0.5, 0.6) is 0 Å². The molecule has 22 heavy (non-hydrogen) atoms. The maximum Gasteiger partial charge on any atom is 0.236 e. The monoisotopic (exact) mass is 363 g/mol. The van der Waals surface area contributed by atoms with Crippen molar-refractivity contribution in [3.63, 3.8) is 0 Å². The van der Waals surface area contributed by atoms with Gasteiger partial charge in [0.2, 0.25) is 11.8 Å². The third kappa shape index (κ3) is 4.31. The van der Waals surface area contributed by atoms with E-state index in [0.717, 1.165) is 10.0 Å². The third-order valence-corrected chi connectivity index (χ3v) is 4.56. The maximum atomic E-state index is 12.2. The lowest BCUT2D eigenvalue weighted by Gasteiger charge is -2.34. The molecule has 0 N–H and O–H groups in total. The van der Waals surface area contributed by atoms with Crippen molar-refractivity contribution in [2.75, 3.05) is 26.2 Å². The number of rotatable bonds is 4. The van der Waals surface area contributed by atoms with E-state index >= 15 is 0 Å². The predicted octanol–water partition coefficient (Wildman–Crippen LogP) is 1.97. The quantitative estimate of drug-likeness (QED) is 0.821. The smallest absolute Gasteiger partial charge is 0.236 e. The first-order valence-corrected chi connectivity index (χ1v) is 8.07. The zero-order valence-corrected chi connectivity index (χ0v) is 13.9. The van der Waals surface area contributed by atoms with Crippen LogP contribution in [0, 0.1) is 11.3 Å². The molecule has 0 spiro atoms. The van der Waals surface area contributed by atoms with Crippen LogP contribution in [0.4, 0.5) is 0 Å². The molecule has 1 aliphatic heterocycles. The van der Waals surface area contributed by atoms with Gasteiger partial charge in [0.15, 0.2) is 0 Å². The van der Waals surface area contributed by atoms with Crippen LogP contribution in [0.2, 0.25) is 0 Å². The van der Waals surface area contributed by atoms with Crippen molar-refractivity contribution in [3.8, 4) is 6.07 Å². The molecule has 0 aliphatic carbocycles. The lowest BCUT2D eigenvalue weighted by molar-refractivity contribution is -0.139. The Hall–Kier alpha value is -1.87. The first-order chi connectivity index (χ1) is 10.6. The van der Waals surface area contributed by atoms with Crippen LogP contribution in [-0.4, -0.2) is 47.8 Å². The normalized spacial score (nSPS) is 14.5. The Kier molecular flexibility index (Phi) is 5.96. The lowest BCUT2D eigenvalue weighted by atomic mass is 10.1. The van der Waals surface area contributed by atoms with Gasteiger partial charge >= 0.3 is 0 Å². The van der Waals surface area contributed by atoms with E-state index in [1.54, 1.807) is 9.80 Å². The number of hydrogen-bond donors (Lipinski definition) is 0. The molecule has 0 radical (unpaired) electrons. The second kappa shape index (κ2) is 7.95. The molecule has 1 saturated heterocycles. The van der Waals surface area contributed by atoms with Crippen LogP contribution in [0.3, 0.4) is 0 Å². The molecule has 5 nitrogen and oxygen atoms in total. The third-order valence-electron chi connectivity index (χ3n) is 3.78. The van der Waals surface area contributed by atoms with E-state index in [9.17, 15) is 9.59 Å². The van der Waals surface area contributed by atoms with E-state index in [4.69, 9.17) is 5.26 Å². The minimum Gasteiger partial charge on any atom is -0.339 e. The zero-order valence-electron chi connectivity index (χ0n) is 12.3. The minimum absolute atomic E-state index is 0.0873. The molecule has 0 unspecified atom stereocenters. The summed E-state index contributed by atoms with van der Waals surface area (Å²) >= 11 is 3.49. The zero-order chi connectivity index (χ0) is 15.9. The van der Waals surface area contributed by atoms with E-state index < -0.39 is 0 Å². The van der Waals surface area contributed by atoms with Gasteiger partial charge in [-0.05, 0) is 18.1 Å². The number of carbonyl (C=O) groups is 2. The van der Waals surface area contributed by atoms with Crippen LogP contribution in [0.1, 0.15) is 18.4 Å². The highest BCUT2D eigenvalue weighted by molar-refractivity contribution is 9.10. The standard InChI is InChI=1S/C16H18BrN3O2/c17-14-4-2-1-3-13(14)5-6-15(21)19-9-11-20(12-10-19)16(22)7-8-18/h1-4H,5-7,9-12H2. The molecule has 1 aliphatic rings. The first-order valence-electron chi connectivity index (χ1n) is 7.27. The molecule has 0 aromatic heterocycles. The summed E-state index contributed by atoms with van der Waals surface area (Å²) < 4.78 is 1.02. The SMILES string of the molecule is N#CCC(=O)N1CCN(C(=O)CCc2ccccc2Br)CC1. The Morgan fingerprint density at radius 3 is 2.27 bits per heavy atom. The van der Waals surface area contributed by atoms with E-state index in [-0.39, 0.29) is 18.2 Å². The molecule has 0 atom stereocenters. The Bertz CT molecular complexity index is 589. The summed E-state index contributed by atoms with van der Waals surface area (Å²) in [5, 5.41) is 8.54. The van der Waals surface area contributed by atoms with Crippen molar-refractivity contribution in [3.05, 3.63) is 34.3 Å². The number of nitriles is 1. The van der Waals surface area contributed by atoms with E-state index in [1.807, 2.05) is 30.3 Å². The summed E-state index contributed by atoms with van der Waals surface area (Å²) in [4.78, 5) is 27.3. The Morgan fingerprint density at radius 1 is 1.09 bits per heavy atom. The number of piperazine rings is 1. The minimum atomic E-state index is -0.150. The van der Waals surface area contributed by atoms with Crippen LogP contribution < -0.4 is 0 Å². The maximum absolute atomic E-state index is 12.2. The molecule has 1 heterocycles. The van der Waals surface area contributed by atoms with Crippen LogP contribution >= 0.6 is 15.9 Å². The topological polar surface area (TPSA) is 64.4 Å². The first kappa shape index (κ1) is 16.5. The highest BCUT2D eigenvalue weighted by atomic mass is 79.9. The van der Waals surface area contributed by atoms with E-state index in [0.29, 0.717) is 39.0 Å². The van der Waals surface area contributed by atoms with Crippen molar-refractivity contribution in [1.29, 1.82) is 5.26 Å². The van der Waals surface area contributed by atoms with Gasteiger partial charge in [-0.1, -0.05) is 34.1 Å². The Labute approximate surface area is 138 Å². The van der Waals surface area contributed by atoms with Crippen molar-refractivity contribution >= 4 is 27.7 Å². The second-order valence-electron chi connectivity index (χ2n) is 5.19. The average molecular weight is 364 g/mol. The van der Waals surface area contributed by atoms with Crippen LogP contribution in [0.15, 0.2) is 28.7 Å². The Morgan fingerprint density at radius 2 is 1.68 bits per heavy atom.